The zero-order valence-electron chi connectivity index (χ0n) is 17.1. The summed E-state index contributed by atoms with van der Waals surface area (Å²) in [5.74, 6) is -1.23. The standard InChI is InChI=1S/C23H27F2N3O2/c1-16-7-8-18(13-21(16)25)22(29)26-9-10-27-23(30)19-5-3-11-28(15-19)14-17-4-2-6-20(24)12-17/h2,4,6-8,12-13,19H,3,5,9-11,14-15H2,1H3,(H,26,29)(H,27,30). The topological polar surface area (TPSA) is 61.4 Å². The molecule has 0 radical (unpaired) electrons. The molecule has 0 bridgehead atoms. The Bertz CT molecular complexity index is 904. The molecule has 1 aliphatic heterocycles. The summed E-state index contributed by atoms with van der Waals surface area (Å²) in [4.78, 5) is 26.7. The van der Waals surface area contributed by atoms with Crippen molar-refractivity contribution in [2.75, 3.05) is 26.2 Å². The lowest BCUT2D eigenvalue weighted by Crippen LogP contribution is -2.44. The van der Waals surface area contributed by atoms with Gasteiger partial charge in [0.15, 0.2) is 0 Å². The number of rotatable bonds is 7. The van der Waals surface area contributed by atoms with E-state index >= 15 is 0 Å². The van der Waals surface area contributed by atoms with Crippen LogP contribution in [0.3, 0.4) is 0 Å². The first-order valence-electron chi connectivity index (χ1n) is 10.2. The molecule has 0 saturated carbocycles. The predicted molar refractivity (Wildman–Crippen MR) is 111 cm³/mol. The van der Waals surface area contributed by atoms with Crippen LogP contribution in [0.25, 0.3) is 0 Å². The van der Waals surface area contributed by atoms with Gasteiger partial charge in [0.2, 0.25) is 5.91 Å². The molecule has 3 rings (SSSR count). The van der Waals surface area contributed by atoms with Crippen LogP contribution in [0.4, 0.5) is 8.78 Å². The highest BCUT2D eigenvalue weighted by molar-refractivity contribution is 5.94. The minimum absolute atomic E-state index is 0.0467. The Labute approximate surface area is 175 Å². The molecule has 1 aliphatic rings. The Kier molecular flexibility index (Phi) is 7.52. The van der Waals surface area contributed by atoms with Crippen molar-refractivity contribution in [1.82, 2.24) is 15.5 Å². The maximum absolute atomic E-state index is 13.6. The Morgan fingerprint density at radius 1 is 1.10 bits per heavy atom. The number of carbonyl (C=O) groups is 2. The van der Waals surface area contributed by atoms with Gasteiger partial charge in [0, 0.05) is 31.7 Å². The fourth-order valence-electron chi connectivity index (χ4n) is 3.65. The van der Waals surface area contributed by atoms with Gasteiger partial charge < -0.3 is 10.6 Å². The molecule has 2 N–H and O–H groups in total. The molecule has 2 amide bonds. The van der Waals surface area contributed by atoms with Crippen LogP contribution in [0.2, 0.25) is 0 Å². The lowest BCUT2D eigenvalue weighted by molar-refractivity contribution is -0.126. The highest BCUT2D eigenvalue weighted by Gasteiger charge is 2.25. The van der Waals surface area contributed by atoms with Gasteiger partial charge in [-0.05, 0) is 61.7 Å². The SMILES string of the molecule is Cc1ccc(C(=O)NCCNC(=O)C2CCCN(Cc3cccc(F)c3)C2)cc1F. The lowest BCUT2D eigenvalue weighted by atomic mass is 9.96. The highest BCUT2D eigenvalue weighted by atomic mass is 19.1. The number of piperidine rings is 1. The first-order valence-corrected chi connectivity index (χ1v) is 10.2. The first-order chi connectivity index (χ1) is 14.4. The Morgan fingerprint density at radius 2 is 1.90 bits per heavy atom. The maximum atomic E-state index is 13.6. The lowest BCUT2D eigenvalue weighted by Gasteiger charge is -2.32. The van der Waals surface area contributed by atoms with Crippen molar-refractivity contribution in [3.05, 3.63) is 70.8 Å². The summed E-state index contributed by atoms with van der Waals surface area (Å²) in [7, 11) is 0. The zero-order chi connectivity index (χ0) is 21.5. The smallest absolute Gasteiger partial charge is 0.251 e. The van der Waals surface area contributed by atoms with E-state index in [0.717, 1.165) is 24.9 Å². The van der Waals surface area contributed by atoms with Gasteiger partial charge in [0.1, 0.15) is 11.6 Å². The molecule has 7 heteroatoms. The molecule has 160 valence electrons. The predicted octanol–water partition coefficient (Wildman–Crippen LogP) is 3.03. The molecule has 0 spiro atoms. The normalized spacial score (nSPS) is 16.8. The van der Waals surface area contributed by atoms with Crippen molar-refractivity contribution in [2.24, 2.45) is 5.92 Å². The van der Waals surface area contributed by atoms with Crippen molar-refractivity contribution in [1.29, 1.82) is 0 Å². The van der Waals surface area contributed by atoms with Crippen molar-refractivity contribution in [3.63, 3.8) is 0 Å². The third-order valence-corrected chi connectivity index (χ3v) is 5.32. The van der Waals surface area contributed by atoms with Crippen LogP contribution >= 0.6 is 0 Å². The van der Waals surface area contributed by atoms with Gasteiger partial charge in [0.25, 0.3) is 5.91 Å². The van der Waals surface area contributed by atoms with E-state index in [1.807, 2.05) is 6.07 Å². The Hall–Kier alpha value is -2.80. The van der Waals surface area contributed by atoms with Crippen LogP contribution in [-0.2, 0) is 11.3 Å². The van der Waals surface area contributed by atoms with E-state index in [-0.39, 0.29) is 35.7 Å². The highest BCUT2D eigenvalue weighted by Crippen LogP contribution is 2.19. The van der Waals surface area contributed by atoms with Gasteiger partial charge in [-0.1, -0.05) is 18.2 Å². The monoisotopic (exact) mass is 415 g/mol. The van der Waals surface area contributed by atoms with E-state index in [2.05, 4.69) is 15.5 Å². The fraction of sp³-hybridized carbons (Fsp3) is 0.391. The Balaban J connectivity index is 1.41. The van der Waals surface area contributed by atoms with Crippen LogP contribution in [0, 0.1) is 24.5 Å². The number of halogens is 2. The summed E-state index contributed by atoms with van der Waals surface area (Å²) in [5.41, 5.74) is 1.63. The summed E-state index contributed by atoms with van der Waals surface area (Å²) in [6, 6.07) is 10.9. The van der Waals surface area contributed by atoms with E-state index in [4.69, 9.17) is 0 Å². The molecule has 2 aromatic rings. The molecule has 0 aromatic heterocycles. The molecule has 1 fully saturated rings. The third-order valence-electron chi connectivity index (χ3n) is 5.32. The average molecular weight is 415 g/mol. The minimum Gasteiger partial charge on any atom is -0.354 e. The number of nitrogens with one attached hydrogen (secondary N) is 2. The molecule has 2 aromatic carbocycles. The van der Waals surface area contributed by atoms with Crippen molar-refractivity contribution in [2.45, 2.75) is 26.3 Å². The number of aryl methyl sites for hydroxylation is 1. The van der Waals surface area contributed by atoms with Gasteiger partial charge in [-0.15, -0.1) is 0 Å². The van der Waals surface area contributed by atoms with Crippen molar-refractivity contribution in [3.8, 4) is 0 Å². The second kappa shape index (κ2) is 10.3. The van der Waals surface area contributed by atoms with Crippen molar-refractivity contribution < 1.29 is 18.4 Å². The zero-order valence-corrected chi connectivity index (χ0v) is 17.1. The van der Waals surface area contributed by atoms with Gasteiger partial charge in [0.05, 0.1) is 5.92 Å². The molecule has 0 aliphatic carbocycles. The van der Waals surface area contributed by atoms with Gasteiger partial charge in [-0.3, -0.25) is 14.5 Å². The largest absolute Gasteiger partial charge is 0.354 e. The third kappa shape index (κ3) is 6.10. The van der Waals surface area contributed by atoms with E-state index < -0.39 is 5.82 Å². The van der Waals surface area contributed by atoms with Gasteiger partial charge >= 0.3 is 0 Å². The van der Waals surface area contributed by atoms with Gasteiger partial charge in [-0.2, -0.15) is 0 Å². The van der Waals surface area contributed by atoms with Crippen LogP contribution in [-0.4, -0.2) is 42.9 Å². The summed E-state index contributed by atoms with van der Waals surface area (Å²) in [6.45, 7) is 4.32. The second-order valence-electron chi connectivity index (χ2n) is 7.72. The molecule has 1 heterocycles. The molecule has 5 nitrogen and oxygen atoms in total. The number of hydrogen-bond acceptors (Lipinski definition) is 3. The Morgan fingerprint density at radius 3 is 2.67 bits per heavy atom. The van der Waals surface area contributed by atoms with Crippen LogP contribution < -0.4 is 10.6 Å². The van der Waals surface area contributed by atoms with Crippen LogP contribution in [0.15, 0.2) is 42.5 Å². The number of benzene rings is 2. The summed E-state index contributed by atoms with van der Waals surface area (Å²) in [5, 5.41) is 5.54. The molecule has 1 unspecified atom stereocenters. The molecular weight excluding hydrogens is 388 g/mol. The number of carbonyl (C=O) groups excluding carboxylic acids is 2. The quantitative estimate of drug-likeness (QED) is 0.684. The fourth-order valence-corrected chi connectivity index (χ4v) is 3.65. The first kappa shape index (κ1) is 21.9. The summed E-state index contributed by atoms with van der Waals surface area (Å²) < 4.78 is 26.9. The van der Waals surface area contributed by atoms with E-state index in [9.17, 15) is 18.4 Å². The number of hydrogen-bond donors (Lipinski definition) is 2. The van der Waals surface area contributed by atoms with Crippen LogP contribution in [0.5, 0.6) is 0 Å². The molecular formula is C23H27F2N3O2. The number of nitrogens with zero attached hydrogens (tertiary/aromatic N) is 1. The van der Waals surface area contributed by atoms with E-state index in [1.165, 1.54) is 18.2 Å². The number of likely N-dealkylation sites (tertiary alicyclic amines) is 1. The molecule has 30 heavy (non-hydrogen) atoms. The second-order valence-corrected chi connectivity index (χ2v) is 7.72. The summed E-state index contributed by atoms with van der Waals surface area (Å²) >= 11 is 0. The molecule has 1 atom stereocenters. The molecule has 1 saturated heterocycles. The minimum atomic E-state index is -0.420. The summed E-state index contributed by atoms with van der Waals surface area (Å²) in [6.07, 6.45) is 1.71. The maximum Gasteiger partial charge on any atom is 0.251 e. The number of amides is 2. The van der Waals surface area contributed by atoms with E-state index in [0.29, 0.717) is 25.2 Å². The van der Waals surface area contributed by atoms with Crippen LogP contribution in [0.1, 0.15) is 34.3 Å². The van der Waals surface area contributed by atoms with Crippen molar-refractivity contribution >= 4 is 11.8 Å². The average Bonchev–Trinajstić information content (AvgIpc) is 2.73. The van der Waals surface area contributed by atoms with Gasteiger partial charge in [-0.25, -0.2) is 8.78 Å². The van der Waals surface area contributed by atoms with E-state index in [1.54, 1.807) is 25.1 Å².